The summed E-state index contributed by atoms with van der Waals surface area (Å²) in [6.45, 7) is 0. The molecule has 0 aliphatic heterocycles. The first-order valence-corrected chi connectivity index (χ1v) is 12.4. The van der Waals surface area contributed by atoms with Crippen LogP contribution in [-0.2, 0) is 10.0 Å². The van der Waals surface area contributed by atoms with E-state index in [4.69, 9.17) is 19.3 Å². The lowest BCUT2D eigenvalue weighted by Crippen LogP contribution is -2.14. The predicted octanol–water partition coefficient (Wildman–Crippen LogP) is 5.65. The molecule has 0 bridgehead atoms. The van der Waals surface area contributed by atoms with Crippen molar-refractivity contribution in [1.29, 1.82) is 0 Å². The molecule has 0 saturated carbocycles. The monoisotopic (exact) mass is 504 g/mol. The van der Waals surface area contributed by atoms with E-state index in [1.165, 1.54) is 12.1 Å². The topological polar surface area (TPSA) is 101 Å². The molecule has 0 radical (unpaired) electrons. The molecule has 0 aliphatic rings. The van der Waals surface area contributed by atoms with Gasteiger partial charge in [0.2, 0.25) is 10.0 Å². The van der Waals surface area contributed by atoms with Crippen molar-refractivity contribution in [2.75, 3.05) is 14.2 Å². The Kier molecular flexibility index (Phi) is 5.95. The molecule has 5 rings (SSSR count). The summed E-state index contributed by atoms with van der Waals surface area (Å²) in [7, 11) is -1.08. The molecule has 5 aromatic rings. The lowest BCUT2D eigenvalue weighted by Gasteiger charge is -2.14. The lowest BCUT2D eigenvalue weighted by molar-refractivity contribution is 0.355. The largest absolute Gasteiger partial charge is 0.493 e. The molecule has 2 N–H and O–H groups in total. The molecule has 0 amide bonds. The van der Waals surface area contributed by atoms with E-state index in [2.05, 4.69) is 4.98 Å². The zero-order valence-corrected chi connectivity index (χ0v) is 20.2. The zero-order valence-electron chi connectivity index (χ0n) is 19.4. The number of halogens is 1. The van der Waals surface area contributed by atoms with Crippen LogP contribution in [0.15, 0.2) is 83.9 Å². The van der Waals surface area contributed by atoms with Gasteiger partial charge in [-0.1, -0.05) is 36.4 Å². The predicted molar refractivity (Wildman–Crippen MR) is 136 cm³/mol. The highest BCUT2D eigenvalue weighted by atomic mass is 32.2. The molecule has 0 fully saturated rings. The van der Waals surface area contributed by atoms with Crippen molar-refractivity contribution in [3.8, 4) is 34.1 Å². The van der Waals surface area contributed by atoms with Gasteiger partial charge in [-0.3, -0.25) is 4.98 Å². The number of hydrogen-bond acceptors (Lipinski definition) is 6. The maximum absolute atomic E-state index is 15.1. The highest BCUT2D eigenvalue weighted by Gasteiger charge is 2.19. The molecule has 9 heteroatoms. The number of benzene rings is 4. The van der Waals surface area contributed by atoms with Gasteiger partial charge < -0.3 is 14.2 Å². The van der Waals surface area contributed by atoms with Crippen LogP contribution in [0.5, 0.6) is 23.0 Å². The second-order valence-corrected chi connectivity index (χ2v) is 9.52. The fraction of sp³-hybridized carbons (Fsp3) is 0.0741. The van der Waals surface area contributed by atoms with Crippen LogP contribution in [0.2, 0.25) is 0 Å². The number of ether oxygens (including phenoxy) is 3. The fourth-order valence-electron chi connectivity index (χ4n) is 4.16. The minimum absolute atomic E-state index is 0.141. The molecule has 1 heterocycles. The van der Waals surface area contributed by atoms with Gasteiger partial charge in [0.1, 0.15) is 16.4 Å². The summed E-state index contributed by atoms with van der Waals surface area (Å²) in [6, 6.07) is 20.2. The standard InChI is InChI=1S/C27H21FN2O5S/c1-33-24-14-21-22(15-25(24)34-2)30-12-11-23(21)35-17-9-10-18-16(13-17)5-3-6-19(18)20-7-4-8-26(27(20)28)36(29,31)32/h3-15H,1-2H3,(H2,29,31,32). The fourth-order valence-corrected chi connectivity index (χ4v) is 4.79. The molecule has 0 saturated heterocycles. The Morgan fingerprint density at radius 3 is 2.28 bits per heavy atom. The molecule has 182 valence electrons. The Morgan fingerprint density at radius 2 is 1.53 bits per heavy atom. The third-order valence-corrected chi connectivity index (χ3v) is 6.77. The minimum atomic E-state index is -4.20. The van der Waals surface area contributed by atoms with Gasteiger partial charge in [0.05, 0.1) is 19.7 Å². The second-order valence-electron chi connectivity index (χ2n) is 7.99. The molecule has 0 aliphatic carbocycles. The highest BCUT2D eigenvalue weighted by Crippen LogP contribution is 2.38. The molecule has 0 atom stereocenters. The van der Waals surface area contributed by atoms with Crippen LogP contribution < -0.4 is 19.3 Å². The Bertz CT molecular complexity index is 1740. The summed E-state index contributed by atoms with van der Waals surface area (Å²) in [5.41, 5.74) is 1.36. The van der Waals surface area contributed by atoms with Crippen molar-refractivity contribution in [1.82, 2.24) is 4.98 Å². The van der Waals surface area contributed by atoms with Crippen molar-refractivity contribution in [3.05, 3.63) is 84.8 Å². The molecule has 36 heavy (non-hydrogen) atoms. The van der Waals surface area contributed by atoms with E-state index < -0.39 is 20.7 Å². The van der Waals surface area contributed by atoms with Crippen molar-refractivity contribution in [2.24, 2.45) is 5.14 Å². The van der Waals surface area contributed by atoms with Crippen LogP contribution in [-0.4, -0.2) is 27.6 Å². The summed E-state index contributed by atoms with van der Waals surface area (Å²) in [4.78, 5) is 3.84. The summed E-state index contributed by atoms with van der Waals surface area (Å²) >= 11 is 0. The van der Waals surface area contributed by atoms with E-state index in [9.17, 15) is 8.42 Å². The molecule has 0 unspecified atom stereocenters. The van der Waals surface area contributed by atoms with Gasteiger partial charge in [-0.2, -0.15) is 0 Å². The first kappa shape index (κ1) is 23.5. The first-order chi connectivity index (χ1) is 17.3. The van der Waals surface area contributed by atoms with Gasteiger partial charge in [0.25, 0.3) is 0 Å². The number of fused-ring (bicyclic) bond motifs is 2. The van der Waals surface area contributed by atoms with Gasteiger partial charge in [-0.05, 0) is 46.7 Å². The molecule has 1 aromatic heterocycles. The number of pyridine rings is 1. The highest BCUT2D eigenvalue weighted by molar-refractivity contribution is 7.89. The zero-order chi connectivity index (χ0) is 25.4. The number of nitrogens with two attached hydrogens (primary N) is 1. The second kappa shape index (κ2) is 9.10. The Balaban J connectivity index is 1.58. The van der Waals surface area contributed by atoms with Crippen molar-refractivity contribution in [3.63, 3.8) is 0 Å². The maximum atomic E-state index is 15.1. The van der Waals surface area contributed by atoms with E-state index in [0.29, 0.717) is 34.1 Å². The molecular formula is C27H21FN2O5S. The van der Waals surface area contributed by atoms with Crippen LogP contribution in [0, 0.1) is 5.82 Å². The minimum Gasteiger partial charge on any atom is -0.493 e. The summed E-state index contributed by atoms with van der Waals surface area (Å²) in [5.74, 6) is 1.35. The SMILES string of the molecule is COc1cc2nccc(Oc3ccc4c(-c5cccc(S(N)(=O)=O)c5F)cccc4c3)c2cc1OC. The molecular weight excluding hydrogens is 483 g/mol. The van der Waals surface area contributed by atoms with Gasteiger partial charge in [0.15, 0.2) is 17.3 Å². The Labute approximate surface area is 206 Å². The number of primary sulfonamides is 1. The van der Waals surface area contributed by atoms with Crippen LogP contribution >= 0.6 is 0 Å². The summed E-state index contributed by atoms with van der Waals surface area (Å²) < 4.78 is 55.7. The number of methoxy groups -OCH3 is 2. The summed E-state index contributed by atoms with van der Waals surface area (Å²) in [5, 5.41) is 7.43. The van der Waals surface area contributed by atoms with E-state index >= 15 is 4.39 Å². The van der Waals surface area contributed by atoms with Crippen LogP contribution in [0.25, 0.3) is 32.8 Å². The average molecular weight is 505 g/mol. The number of sulfonamides is 1. The number of aromatic nitrogens is 1. The number of rotatable bonds is 6. The smallest absolute Gasteiger partial charge is 0.240 e. The number of nitrogens with zero attached hydrogens (tertiary/aromatic N) is 1. The van der Waals surface area contributed by atoms with E-state index in [1.54, 1.807) is 62.9 Å². The van der Waals surface area contributed by atoms with Crippen molar-refractivity contribution < 1.29 is 27.0 Å². The van der Waals surface area contributed by atoms with E-state index in [0.717, 1.165) is 22.2 Å². The van der Waals surface area contributed by atoms with Crippen LogP contribution in [0.1, 0.15) is 0 Å². The summed E-state index contributed by atoms with van der Waals surface area (Å²) in [6.07, 6.45) is 1.64. The van der Waals surface area contributed by atoms with E-state index in [1.807, 2.05) is 12.1 Å². The molecule has 7 nitrogen and oxygen atoms in total. The maximum Gasteiger partial charge on any atom is 0.240 e. The van der Waals surface area contributed by atoms with Crippen molar-refractivity contribution in [2.45, 2.75) is 4.90 Å². The Morgan fingerprint density at radius 1 is 0.806 bits per heavy atom. The third kappa shape index (κ3) is 4.19. The van der Waals surface area contributed by atoms with Gasteiger partial charge in [-0.25, -0.2) is 17.9 Å². The third-order valence-electron chi connectivity index (χ3n) is 5.85. The van der Waals surface area contributed by atoms with Gasteiger partial charge in [-0.15, -0.1) is 0 Å². The Hall–Kier alpha value is -4.21. The quantitative estimate of drug-likeness (QED) is 0.321. The van der Waals surface area contributed by atoms with E-state index in [-0.39, 0.29) is 5.56 Å². The van der Waals surface area contributed by atoms with Crippen molar-refractivity contribution >= 4 is 31.7 Å². The molecule has 0 spiro atoms. The van der Waals surface area contributed by atoms with Gasteiger partial charge >= 0.3 is 0 Å². The van der Waals surface area contributed by atoms with Gasteiger partial charge in [0, 0.05) is 23.2 Å². The van der Waals surface area contributed by atoms with Crippen LogP contribution in [0.3, 0.4) is 0 Å². The average Bonchev–Trinajstić information content (AvgIpc) is 2.87. The lowest BCUT2D eigenvalue weighted by atomic mass is 9.98. The van der Waals surface area contributed by atoms with Crippen LogP contribution in [0.4, 0.5) is 4.39 Å². The number of hydrogen-bond donors (Lipinski definition) is 1. The molecule has 4 aromatic carbocycles. The first-order valence-electron chi connectivity index (χ1n) is 10.8. The normalized spacial score (nSPS) is 11.6.